The predicted molar refractivity (Wildman–Crippen MR) is 134 cm³/mol. The zero-order chi connectivity index (χ0) is 20.8. The molecule has 0 bridgehead atoms. The Morgan fingerprint density at radius 1 is 1.10 bits per heavy atom. The third-order valence-corrected chi connectivity index (χ3v) is 4.65. The Bertz CT molecular complexity index is 552. The van der Waals surface area contributed by atoms with Gasteiger partial charge in [-0.05, 0) is 64.4 Å². The number of guanidine groups is 1. The highest BCUT2D eigenvalue weighted by molar-refractivity contribution is 14.0. The fourth-order valence-corrected chi connectivity index (χ4v) is 2.91. The first-order chi connectivity index (χ1) is 13.5. The lowest BCUT2D eigenvalue weighted by Gasteiger charge is -2.19. The number of rotatable bonds is 13. The van der Waals surface area contributed by atoms with E-state index in [1.54, 1.807) is 7.11 Å². The van der Waals surface area contributed by atoms with Crippen LogP contribution in [0.25, 0.3) is 0 Å². The maximum absolute atomic E-state index is 5.84. The summed E-state index contributed by atoms with van der Waals surface area (Å²) in [4.78, 5) is 6.92. The fraction of sp³-hybridized carbons (Fsp3) is 0.682. The van der Waals surface area contributed by atoms with Crippen LogP contribution in [-0.4, -0.2) is 71.0 Å². The highest BCUT2D eigenvalue weighted by Gasteiger charge is 2.10. The van der Waals surface area contributed by atoms with E-state index in [0.29, 0.717) is 12.5 Å². The van der Waals surface area contributed by atoms with E-state index in [-0.39, 0.29) is 30.1 Å². The first kappa shape index (κ1) is 27.9. The standard InChI is InChI=1S/C22H40N4O2.HI/c1-7-23-22(25-17-21(28-8-2)14-16-26(4)5)24-15-13-18(3)19-9-11-20(27-6)12-10-19;/h9-12,18,21H,7-8,13-17H2,1-6H3,(H2,23,24,25);1H. The van der Waals surface area contributed by atoms with Gasteiger partial charge in [0.05, 0.1) is 19.8 Å². The molecule has 0 fully saturated rings. The highest BCUT2D eigenvalue weighted by atomic mass is 127. The van der Waals surface area contributed by atoms with Gasteiger partial charge in [-0.3, -0.25) is 4.99 Å². The fourth-order valence-electron chi connectivity index (χ4n) is 2.91. The van der Waals surface area contributed by atoms with Crippen LogP contribution in [0, 0.1) is 0 Å². The van der Waals surface area contributed by atoms with E-state index < -0.39 is 0 Å². The van der Waals surface area contributed by atoms with Crippen molar-refractivity contribution in [2.75, 3.05) is 54.0 Å². The van der Waals surface area contributed by atoms with E-state index in [9.17, 15) is 0 Å². The lowest BCUT2D eigenvalue weighted by atomic mass is 9.98. The molecule has 0 aliphatic rings. The van der Waals surface area contributed by atoms with Crippen molar-refractivity contribution in [3.05, 3.63) is 29.8 Å². The van der Waals surface area contributed by atoms with Gasteiger partial charge in [-0.2, -0.15) is 0 Å². The summed E-state index contributed by atoms with van der Waals surface area (Å²) in [6.45, 7) is 10.5. The molecule has 0 spiro atoms. The first-order valence-corrected chi connectivity index (χ1v) is 10.4. The molecule has 6 nitrogen and oxygen atoms in total. The number of nitrogens with one attached hydrogen (secondary N) is 2. The van der Waals surface area contributed by atoms with Gasteiger partial charge in [-0.25, -0.2) is 0 Å². The summed E-state index contributed by atoms with van der Waals surface area (Å²) >= 11 is 0. The molecular weight excluding hydrogens is 479 g/mol. The Morgan fingerprint density at radius 2 is 1.79 bits per heavy atom. The summed E-state index contributed by atoms with van der Waals surface area (Å²) in [6.07, 6.45) is 2.17. The smallest absolute Gasteiger partial charge is 0.191 e. The van der Waals surface area contributed by atoms with E-state index in [0.717, 1.165) is 50.8 Å². The van der Waals surface area contributed by atoms with Crippen molar-refractivity contribution in [1.82, 2.24) is 15.5 Å². The molecule has 1 rings (SSSR count). The SMILES string of the molecule is CCNC(=NCC(CCN(C)C)OCC)NCCC(C)c1ccc(OC)cc1.I. The van der Waals surface area contributed by atoms with Crippen LogP contribution in [0.1, 0.15) is 45.1 Å². The lowest BCUT2D eigenvalue weighted by molar-refractivity contribution is 0.0582. The Labute approximate surface area is 194 Å². The summed E-state index contributed by atoms with van der Waals surface area (Å²) in [7, 11) is 5.87. The Morgan fingerprint density at radius 3 is 2.34 bits per heavy atom. The number of aliphatic imine (C=N–C) groups is 1. The van der Waals surface area contributed by atoms with Crippen LogP contribution in [0.15, 0.2) is 29.3 Å². The van der Waals surface area contributed by atoms with Gasteiger partial charge in [0.25, 0.3) is 0 Å². The number of benzene rings is 1. The van der Waals surface area contributed by atoms with Gasteiger partial charge in [0, 0.05) is 26.2 Å². The molecule has 0 aromatic heterocycles. The third kappa shape index (κ3) is 12.3. The van der Waals surface area contributed by atoms with E-state index >= 15 is 0 Å². The van der Waals surface area contributed by atoms with Gasteiger partial charge in [0.2, 0.25) is 0 Å². The summed E-state index contributed by atoms with van der Waals surface area (Å²) in [5.74, 6) is 2.23. The minimum Gasteiger partial charge on any atom is -0.497 e. The molecule has 29 heavy (non-hydrogen) atoms. The van der Waals surface area contributed by atoms with Crippen molar-refractivity contribution in [2.45, 2.75) is 45.6 Å². The summed E-state index contributed by atoms with van der Waals surface area (Å²) in [5.41, 5.74) is 1.32. The molecule has 1 aromatic rings. The van der Waals surface area contributed by atoms with Gasteiger partial charge in [-0.15, -0.1) is 24.0 Å². The minimum atomic E-state index is 0. The van der Waals surface area contributed by atoms with Crippen LogP contribution < -0.4 is 15.4 Å². The van der Waals surface area contributed by atoms with Crippen LogP contribution in [0.4, 0.5) is 0 Å². The predicted octanol–water partition coefficient (Wildman–Crippen LogP) is 3.72. The molecule has 2 unspecified atom stereocenters. The number of hydrogen-bond donors (Lipinski definition) is 2. The Balaban J connectivity index is 0.00000784. The number of nitrogens with zero attached hydrogens (tertiary/aromatic N) is 2. The summed E-state index contributed by atoms with van der Waals surface area (Å²) < 4.78 is 11.1. The van der Waals surface area contributed by atoms with Crippen LogP contribution in [0.3, 0.4) is 0 Å². The second-order valence-electron chi connectivity index (χ2n) is 7.28. The largest absolute Gasteiger partial charge is 0.497 e. The molecule has 0 amide bonds. The zero-order valence-electron chi connectivity index (χ0n) is 19.0. The number of hydrogen-bond acceptors (Lipinski definition) is 4. The molecule has 0 heterocycles. The van der Waals surface area contributed by atoms with Gasteiger partial charge in [0.1, 0.15) is 5.75 Å². The Kier molecular flexibility index (Phi) is 16.1. The lowest BCUT2D eigenvalue weighted by Crippen LogP contribution is -2.39. The molecule has 0 radical (unpaired) electrons. The van der Waals surface area contributed by atoms with Crippen molar-refractivity contribution >= 4 is 29.9 Å². The maximum Gasteiger partial charge on any atom is 0.191 e. The molecule has 2 atom stereocenters. The number of methoxy groups -OCH3 is 1. The van der Waals surface area contributed by atoms with Gasteiger partial charge >= 0.3 is 0 Å². The molecule has 1 aromatic carbocycles. The average molecular weight is 521 g/mol. The van der Waals surface area contributed by atoms with Crippen molar-refractivity contribution in [3.8, 4) is 5.75 Å². The number of halogens is 1. The van der Waals surface area contributed by atoms with Gasteiger partial charge in [-0.1, -0.05) is 19.1 Å². The van der Waals surface area contributed by atoms with E-state index in [1.165, 1.54) is 5.56 Å². The van der Waals surface area contributed by atoms with Crippen LogP contribution >= 0.6 is 24.0 Å². The maximum atomic E-state index is 5.84. The normalized spacial score (nSPS) is 13.6. The second kappa shape index (κ2) is 16.7. The monoisotopic (exact) mass is 520 g/mol. The van der Waals surface area contributed by atoms with Crippen molar-refractivity contribution in [3.63, 3.8) is 0 Å². The van der Waals surface area contributed by atoms with Crippen LogP contribution in [0.2, 0.25) is 0 Å². The molecular formula is C22H41IN4O2. The average Bonchev–Trinajstić information content (AvgIpc) is 2.69. The molecule has 0 aliphatic carbocycles. The van der Waals surface area contributed by atoms with Gasteiger partial charge < -0.3 is 25.0 Å². The number of ether oxygens (including phenoxy) is 2. The van der Waals surface area contributed by atoms with Crippen molar-refractivity contribution in [1.29, 1.82) is 0 Å². The molecule has 0 saturated heterocycles. The molecule has 168 valence electrons. The molecule has 7 heteroatoms. The quantitative estimate of drug-likeness (QED) is 0.236. The second-order valence-corrected chi connectivity index (χ2v) is 7.28. The van der Waals surface area contributed by atoms with Crippen molar-refractivity contribution < 1.29 is 9.47 Å². The molecule has 0 saturated carbocycles. The van der Waals surface area contributed by atoms with Gasteiger partial charge in [0.15, 0.2) is 5.96 Å². The third-order valence-electron chi connectivity index (χ3n) is 4.65. The van der Waals surface area contributed by atoms with E-state index in [1.807, 2.05) is 19.1 Å². The van der Waals surface area contributed by atoms with E-state index in [4.69, 9.17) is 14.5 Å². The minimum absolute atomic E-state index is 0. The molecule has 2 N–H and O–H groups in total. The summed E-state index contributed by atoms with van der Waals surface area (Å²) in [5, 5.41) is 6.78. The van der Waals surface area contributed by atoms with E-state index in [2.05, 4.69) is 55.6 Å². The Hall–Kier alpha value is -1.06. The topological polar surface area (TPSA) is 58.1 Å². The summed E-state index contributed by atoms with van der Waals surface area (Å²) in [6, 6.07) is 8.32. The van der Waals surface area contributed by atoms with Crippen LogP contribution in [0.5, 0.6) is 5.75 Å². The molecule has 0 aliphatic heterocycles. The van der Waals surface area contributed by atoms with Crippen molar-refractivity contribution in [2.24, 2.45) is 4.99 Å². The zero-order valence-corrected chi connectivity index (χ0v) is 21.4. The first-order valence-electron chi connectivity index (χ1n) is 10.4. The van der Waals surface area contributed by atoms with Crippen LogP contribution in [-0.2, 0) is 4.74 Å². The highest BCUT2D eigenvalue weighted by Crippen LogP contribution is 2.21.